The standard InChI is InChI=1S/C16H18N4O.C2H6/c1-10(2)5-13(17)16-19-7-12-6-11(3-4-14(12)20-16)15-8-18-9-21-15;1-2/h3-4,6-10,13H,5,17H2,1-2H3;1-2H3. The SMILES string of the molecule is CC.CC(C)CC(N)c1ncc2cc(-c3cnco3)ccc2n1. The molecule has 1 unspecified atom stereocenters. The zero-order chi connectivity index (χ0) is 16.8. The number of nitrogens with two attached hydrogens (primary N) is 1. The molecule has 1 aromatic carbocycles. The predicted molar refractivity (Wildman–Crippen MR) is 92.8 cm³/mol. The summed E-state index contributed by atoms with van der Waals surface area (Å²) >= 11 is 0. The van der Waals surface area contributed by atoms with Crippen molar-refractivity contribution < 1.29 is 4.42 Å². The third-order valence-corrected chi connectivity index (χ3v) is 3.37. The number of fused-ring (bicyclic) bond motifs is 1. The van der Waals surface area contributed by atoms with Crippen molar-refractivity contribution in [3.8, 4) is 11.3 Å². The molecule has 5 heteroatoms. The molecule has 0 amide bonds. The Morgan fingerprint density at radius 2 is 1.96 bits per heavy atom. The number of benzene rings is 1. The molecule has 3 aromatic rings. The van der Waals surface area contributed by atoms with Gasteiger partial charge in [0.2, 0.25) is 0 Å². The van der Waals surface area contributed by atoms with Crippen LogP contribution in [0.2, 0.25) is 0 Å². The summed E-state index contributed by atoms with van der Waals surface area (Å²) in [6, 6.07) is 5.80. The van der Waals surface area contributed by atoms with Crippen LogP contribution < -0.4 is 5.73 Å². The summed E-state index contributed by atoms with van der Waals surface area (Å²) in [6.07, 6.45) is 5.80. The van der Waals surface area contributed by atoms with Gasteiger partial charge < -0.3 is 10.2 Å². The van der Waals surface area contributed by atoms with Crippen LogP contribution in [0.25, 0.3) is 22.2 Å². The summed E-state index contributed by atoms with van der Waals surface area (Å²) < 4.78 is 5.30. The molecule has 3 rings (SSSR count). The Hall–Kier alpha value is -2.27. The fraction of sp³-hybridized carbons (Fsp3) is 0.389. The van der Waals surface area contributed by atoms with E-state index in [1.807, 2.05) is 38.2 Å². The van der Waals surface area contributed by atoms with Crippen LogP contribution in [-0.2, 0) is 0 Å². The first-order valence-corrected chi connectivity index (χ1v) is 8.04. The van der Waals surface area contributed by atoms with Gasteiger partial charge in [-0.2, -0.15) is 0 Å². The normalized spacial score (nSPS) is 12.1. The van der Waals surface area contributed by atoms with Crippen molar-refractivity contribution in [3.63, 3.8) is 0 Å². The molecule has 0 aliphatic carbocycles. The van der Waals surface area contributed by atoms with E-state index in [1.165, 1.54) is 6.39 Å². The third kappa shape index (κ3) is 4.13. The first-order valence-electron chi connectivity index (χ1n) is 8.04. The second kappa shape index (κ2) is 7.83. The Morgan fingerprint density at radius 1 is 1.17 bits per heavy atom. The van der Waals surface area contributed by atoms with Gasteiger partial charge in [0.05, 0.1) is 17.8 Å². The average molecular weight is 312 g/mol. The zero-order valence-corrected chi connectivity index (χ0v) is 14.2. The molecule has 0 saturated heterocycles. The van der Waals surface area contributed by atoms with E-state index in [2.05, 4.69) is 28.8 Å². The van der Waals surface area contributed by atoms with Gasteiger partial charge in [0.1, 0.15) is 5.82 Å². The predicted octanol–water partition coefficient (Wildman–Crippen LogP) is 4.36. The molecular weight excluding hydrogens is 288 g/mol. The summed E-state index contributed by atoms with van der Waals surface area (Å²) in [6.45, 7) is 8.29. The second-order valence-corrected chi connectivity index (χ2v) is 5.60. The lowest BCUT2D eigenvalue weighted by molar-refractivity contribution is 0.494. The van der Waals surface area contributed by atoms with Crippen molar-refractivity contribution in [3.05, 3.63) is 42.8 Å². The van der Waals surface area contributed by atoms with Crippen molar-refractivity contribution in [1.82, 2.24) is 15.0 Å². The average Bonchev–Trinajstić information content (AvgIpc) is 3.09. The largest absolute Gasteiger partial charge is 0.444 e. The Labute approximate surface area is 137 Å². The summed E-state index contributed by atoms with van der Waals surface area (Å²) in [5.74, 6) is 1.95. The summed E-state index contributed by atoms with van der Waals surface area (Å²) in [4.78, 5) is 12.9. The smallest absolute Gasteiger partial charge is 0.181 e. The highest BCUT2D eigenvalue weighted by Crippen LogP contribution is 2.24. The number of hydrogen-bond acceptors (Lipinski definition) is 5. The lowest BCUT2D eigenvalue weighted by atomic mass is 10.0. The van der Waals surface area contributed by atoms with Crippen molar-refractivity contribution in [2.75, 3.05) is 0 Å². The number of oxazole rings is 1. The Balaban J connectivity index is 0.000000924. The fourth-order valence-electron chi connectivity index (χ4n) is 2.35. The number of aromatic nitrogens is 3. The first kappa shape index (κ1) is 17.1. The Kier molecular flexibility index (Phi) is 5.82. The van der Waals surface area contributed by atoms with Crippen LogP contribution >= 0.6 is 0 Å². The number of hydrogen-bond donors (Lipinski definition) is 1. The maximum absolute atomic E-state index is 6.15. The number of rotatable bonds is 4. The van der Waals surface area contributed by atoms with E-state index >= 15 is 0 Å². The van der Waals surface area contributed by atoms with Crippen molar-refractivity contribution in [2.24, 2.45) is 11.7 Å². The van der Waals surface area contributed by atoms with Crippen LogP contribution in [0.5, 0.6) is 0 Å². The molecule has 5 nitrogen and oxygen atoms in total. The van der Waals surface area contributed by atoms with Gasteiger partial charge in [0, 0.05) is 17.1 Å². The molecule has 2 aromatic heterocycles. The van der Waals surface area contributed by atoms with Gasteiger partial charge in [-0.3, -0.25) is 0 Å². The van der Waals surface area contributed by atoms with Crippen LogP contribution in [0.3, 0.4) is 0 Å². The van der Waals surface area contributed by atoms with Gasteiger partial charge >= 0.3 is 0 Å². The molecule has 1 atom stereocenters. The lowest BCUT2D eigenvalue weighted by Gasteiger charge is -2.13. The monoisotopic (exact) mass is 312 g/mol. The highest BCUT2D eigenvalue weighted by Gasteiger charge is 2.12. The van der Waals surface area contributed by atoms with Crippen molar-refractivity contribution in [1.29, 1.82) is 0 Å². The Bertz CT molecular complexity index is 738. The molecule has 2 heterocycles. The maximum Gasteiger partial charge on any atom is 0.181 e. The van der Waals surface area contributed by atoms with E-state index in [4.69, 9.17) is 10.2 Å². The van der Waals surface area contributed by atoms with E-state index in [1.54, 1.807) is 6.20 Å². The van der Waals surface area contributed by atoms with Gasteiger partial charge in [-0.05, 0) is 30.5 Å². The van der Waals surface area contributed by atoms with Crippen molar-refractivity contribution >= 4 is 10.9 Å². The minimum atomic E-state index is -0.122. The number of nitrogens with zero attached hydrogens (tertiary/aromatic N) is 3. The topological polar surface area (TPSA) is 77.8 Å². The summed E-state index contributed by atoms with van der Waals surface area (Å²) in [7, 11) is 0. The van der Waals surface area contributed by atoms with Crippen LogP contribution in [0.15, 0.2) is 41.4 Å². The van der Waals surface area contributed by atoms with E-state index in [0.717, 1.165) is 28.6 Å². The van der Waals surface area contributed by atoms with E-state index in [9.17, 15) is 0 Å². The molecule has 0 aliphatic heterocycles. The van der Waals surface area contributed by atoms with Crippen LogP contribution in [0.1, 0.15) is 46.0 Å². The highest BCUT2D eigenvalue weighted by atomic mass is 16.3. The van der Waals surface area contributed by atoms with Gasteiger partial charge in [-0.25, -0.2) is 15.0 Å². The van der Waals surface area contributed by atoms with Crippen LogP contribution in [0, 0.1) is 5.92 Å². The minimum Gasteiger partial charge on any atom is -0.444 e. The minimum absolute atomic E-state index is 0.122. The molecule has 0 spiro atoms. The van der Waals surface area contributed by atoms with Gasteiger partial charge in [-0.1, -0.05) is 27.7 Å². The molecular formula is C18H24N4O. The highest BCUT2D eigenvalue weighted by molar-refractivity contribution is 5.82. The lowest BCUT2D eigenvalue weighted by Crippen LogP contribution is -2.16. The molecule has 2 N–H and O–H groups in total. The van der Waals surface area contributed by atoms with Crippen molar-refractivity contribution in [2.45, 2.75) is 40.2 Å². The molecule has 23 heavy (non-hydrogen) atoms. The summed E-state index contributed by atoms with van der Waals surface area (Å²) in [5, 5.41) is 0.962. The van der Waals surface area contributed by atoms with E-state index in [0.29, 0.717) is 11.7 Å². The van der Waals surface area contributed by atoms with Gasteiger partial charge in [-0.15, -0.1) is 0 Å². The van der Waals surface area contributed by atoms with E-state index in [-0.39, 0.29) is 6.04 Å². The zero-order valence-electron chi connectivity index (χ0n) is 14.2. The maximum atomic E-state index is 6.15. The molecule has 0 saturated carbocycles. The molecule has 0 radical (unpaired) electrons. The van der Waals surface area contributed by atoms with Gasteiger partial charge in [0.15, 0.2) is 12.2 Å². The first-order chi connectivity index (χ1) is 11.1. The molecule has 0 bridgehead atoms. The molecule has 0 fully saturated rings. The van der Waals surface area contributed by atoms with E-state index < -0.39 is 0 Å². The third-order valence-electron chi connectivity index (χ3n) is 3.37. The quantitative estimate of drug-likeness (QED) is 0.774. The Morgan fingerprint density at radius 3 is 2.61 bits per heavy atom. The van der Waals surface area contributed by atoms with Gasteiger partial charge in [0.25, 0.3) is 0 Å². The van der Waals surface area contributed by atoms with Crippen LogP contribution in [0.4, 0.5) is 0 Å². The molecule has 0 aliphatic rings. The molecule has 122 valence electrons. The fourth-order valence-corrected chi connectivity index (χ4v) is 2.35. The summed E-state index contributed by atoms with van der Waals surface area (Å²) in [5.41, 5.74) is 8.00. The van der Waals surface area contributed by atoms with Crippen LogP contribution in [-0.4, -0.2) is 15.0 Å². The second-order valence-electron chi connectivity index (χ2n) is 5.60.